The monoisotopic (exact) mass is 262 g/mol. The van der Waals surface area contributed by atoms with Crippen molar-refractivity contribution in [2.75, 3.05) is 0 Å². The fourth-order valence-corrected chi connectivity index (χ4v) is 3.05. The maximum Gasteiger partial charge on any atom is 0.348 e. The quantitative estimate of drug-likeness (QED) is 0.890. The SMILES string of the molecule is O=C(O)[C@H]1Oc2ccccc2O[C@H]1C1CCCCC1. The summed E-state index contributed by atoms with van der Waals surface area (Å²) < 4.78 is 11.6. The van der Waals surface area contributed by atoms with E-state index < -0.39 is 12.1 Å². The Balaban J connectivity index is 1.86. The van der Waals surface area contributed by atoms with Gasteiger partial charge in [-0.2, -0.15) is 0 Å². The van der Waals surface area contributed by atoms with E-state index in [1.807, 2.05) is 18.2 Å². The van der Waals surface area contributed by atoms with Gasteiger partial charge in [-0.05, 0) is 25.0 Å². The fourth-order valence-electron chi connectivity index (χ4n) is 3.05. The molecule has 4 nitrogen and oxygen atoms in total. The first kappa shape index (κ1) is 12.3. The van der Waals surface area contributed by atoms with Crippen LogP contribution >= 0.6 is 0 Å². The molecule has 0 spiro atoms. The minimum atomic E-state index is -0.940. The highest BCUT2D eigenvalue weighted by molar-refractivity contribution is 5.74. The highest BCUT2D eigenvalue weighted by Gasteiger charge is 2.42. The summed E-state index contributed by atoms with van der Waals surface area (Å²) in [6.45, 7) is 0. The molecule has 4 heteroatoms. The van der Waals surface area contributed by atoms with Gasteiger partial charge in [-0.1, -0.05) is 31.4 Å². The predicted octanol–water partition coefficient (Wildman–Crippen LogP) is 2.86. The lowest BCUT2D eigenvalue weighted by molar-refractivity contribution is -0.154. The van der Waals surface area contributed by atoms with E-state index in [1.165, 1.54) is 6.42 Å². The number of ether oxygens (including phenoxy) is 2. The maximum atomic E-state index is 11.4. The van der Waals surface area contributed by atoms with Crippen LogP contribution in [0, 0.1) is 5.92 Å². The van der Waals surface area contributed by atoms with Gasteiger partial charge in [-0.25, -0.2) is 4.79 Å². The molecule has 1 heterocycles. The third kappa shape index (κ3) is 2.39. The molecule has 2 aliphatic rings. The Bertz CT molecular complexity index is 465. The lowest BCUT2D eigenvalue weighted by atomic mass is 9.83. The minimum absolute atomic E-state index is 0.281. The molecule has 3 rings (SSSR count). The second-order valence-corrected chi connectivity index (χ2v) is 5.30. The molecule has 2 atom stereocenters. The molecule has 1 fully saturated rings. The summed E-state index contributed by atoms with van der Waals surface area (Å²) in [5.74, 6) is 0.533. The number of carboxylic acids is 1. The van der Waals surface area contributed by atoms with E-state index in [-0.39, 0.29) is 12.0 Å². The van der Waals surface area contributed by atoms with E-state index in [9.17, 15) is 9.90 Å². The van der Waals surface area contributed by atoms with E-state index in [0.717, 1.165) is 25.7 Å². The highest BCUT2D eigenvalue weighted by atomic mass is 16.6. The first-order valence-corrected chi connectivity index (χ1v) is 6.91. The molecule has 0 aromatic heterocycles. The molecule has 1 aliphatic carbocycles. The Hall–Kier alpha value is -1.71. The number of rotatable bonds is 2. The van der Waals surface area contributed by atoms with Crippen molar-refractivity contribution in [3.05, 3.63) is 24.3 Å². The first-order valence-electron chi connectivity index (χ1n) is 6.91. The number of benzene rings is 1. The molecule has 1 saturated carbocycles. The van der Waals surface area contributed by atoms with Gasteiger partial charge in [-0.15, -0.1) is 0 Å². The lowest BCUT2D eigenvalue weighted by Crippen LogP contribution is -2.49. The average Bonchev–Trinajstić information content (AvgIpc) is 2.46. The second kappa shape index (κ2) is 5.11. The van der Waals surface area contributed by atoms with Gasteiger partial charge < -0.3 is 14.6 Å². The standard InChI is InChI=1S/C15H18O4/c16-15(17)14-13(10-6-2-1-3-7-10)18-11-8-4-5-9-12(11)19-14/h4-5,8-10,13-14H,1-3,6-7H2,(H,16,17)/t13-,14-/m0/s1. The largest absolute Gasteiger partial charge is 0.482 e. The van der Waals surface area contributed by atoms with Gasteiger partial charge in [-0.3, -0.25) is 0 Å². The van der Waals surface area contributed by atoms with Gasteiger partial charge in [0.2, 0.25) is 6.10 Å². The number of hydrogen-bond acceptors (Lipinski definition) is 3. The van der Waals surface area contributed by atoms with Crippen molar-refractivity contribution >= 4 is 5.97 Å². The molecule has 0 amide bonds. The number of fused-ring (bicyclic) bond motifs is 1. The zero-order chi connectivity index (χ0) is 13.2. The summed E-state index contributed by atoms with van der Waals surface area (Å²) in [5.41, 5.74) is 0. The average molecular weight is 262 g/mol. The lowest BCUT2D eigenvalue weighted by Gasteiger charge is -2.37. The first-order chi connectivity index (χ1) is 9.25. The summed E-state index contributed by atoms with van der Waals surface area (Å²) in [6.07, 6.45) is 4.33. The van der Waals surface area contributed by atoms with Crippen LogP contribution in [0.25, 0.3) is 0 Å². The van der Waals surface area contributed by atoms with Crippen LogP contribution < -0.4 is 9.47 Å². The molecule has 1 N–H and O–H groups in total. The fraction of sp³-hybridized carbons (Fsp3) is 0.533. The molecule has 1 aliphatic heterocycles. The van der Waals surface area contributed by atoms with E-state index in [2.05, 4.69) is 0 Å². The van der Waals surface area contributed by atoms with E-state index >= 15 is 0 Å². The molecular weight excluding hydrogens is 244 g/mol. The third-order valence-electron chi connectivity index (χ3n) is 4.02. The summed E-state index contributed by atoms with van der Waals surface area (Å²) in [6, 6.07) is 7.29. The minimum Gasteiger partial charge on any atom is -0.482 e. The molecular formula is C15H18O4. The number of carboxylic acid groups (broad SMARTS) is 1. The van der Waals surface area contributed by atoms with Crippen LogP contribution in [0.2, 0.25) is 0 Å². The highest BCUT2D eigenvalue weighted by Crippen LogP contribution is 2.39. The Morgan fingerprint density at radius 3 is 2.32 bits per heavy atom. The van der Waals surface area contributed by atoms with Gasteiger partial charge >= 0.3 is 5.97 Å². The Morgan fingerprint density at radius 2 is 1.68 bits per heavy atom. The van der Waals surface area contributed by atoms with Crippen LogP contribution in [0.4, 0.5) is 0 Å². The van der Waals surface area contributed by atoms with Crippen LogP contribution in [-0.4, -0.2) is 23.3 Å². The summed E-state index contributed by atoms with van der Waals surface area (Å²) in [5, 5.41) is 9.36. The molecule has 1 aromatic carbocycles. The second-order valence-electron chi connectivity index (χ2n) is 5.30. The van der Waals surface area contributed by atoms with E-state index in [0.29, 0.717) is 11.5 Å². The zero-order valence-electron chi connectivity index (χ0n) is 10.7. The Kier molecular flexibility index (Phi) is 3.32. The Morgan fingerprint density at radius 1 is 1.05 bits per heavy atom. The molecule has 1 aromatic rings. The van der Waals surface area contributed by atoms with Crippen molar-refractivity contribution in [2.24, 2.45) is 5.92 Å². The van der Waals surface area contributed by atoms with Crippen LogP contribution in [0.1, 0.15) is 32.1 Å². The third-order valence-corrected chi connectivity index (χ3v) is 4.02. The zero-order valence-corrected chi connectivity index (χ0v) is 10.7. The van der Waals surface area contributed by atoms with Crippen molar-refractivity contribution in [2.45, 2.75) is 44.3 Å². The maximum absolute atomic E-state index is 11.4. The van der Waals surface area contributed by atoms with Crippen LogP contribution in [0.3, 0.4) is 0 Å². The van der Waals surface area contributed by atoms with Gasteiger partial charge in [0, 0.05) is 5.92 Å². The smallest absolute Gasteiger partial charge is 0.348 e. The molecule has 19 heavy (non-hydrogen) atoms. The molecule has 0 radical (unpaired) electrons. The van der Waals surface area contributed by atoms with Gasteiger partial charge in [0.05, 0.1) is 0 Å². The van der Waals surface area contributed by atoms with Crippen LogP contribution in [0.5, 0.6) is 11.5 Å². The summed E-state index contributed by atoms with van der Waals surface area (Å²) >= 11 is 0. The Labute approximate surface area is 112 Å². The van der Waals surface area contributed by atoms with Crippen molar-refractivity contribution in [3.63, 3.8) is 0 Å². The molecule has 0 bridgehead atoms. The summed E-state index contributed by atoms with van der Waals surface area (Å²) in [4.78, 5) is 11.4. The number of hydrogen-bond donors (Lipinski definition) is 1. The van der Waals surface area contributed by atoms with Crippen molar-refractivity contribution < 1.29 is 19.4 Å². The topological polar surface area (TPSA) is 55.8 Å². The van der Waals surface area contributed by atoms with Gasteiger partial charge in [0.15, 0.2) is 11.5 Å². The molecule has 0 unspecified atom stereocenters. The van der Waals surface area contributed by atoms with Crippen molar-refractivity contribution in [1.29, 1.82) is 0 Å². The van der Waals surface area contributed by atoms with Gasteiger partial charge in [0.1, 0.15) is 6.10 Å². The van der Waals surface area contributed by atoms with Crippen molar-refractivity contribution in [3.8, 4) is 11.5 Å². The van der Waals surface area contributed by atoms with Crippen molar-refractivity contribution in [1.82, 2.24) is 0 Å². The summed E-state index contributed by atoms with van der Waals surface area (Å²) in [7, 11) is 0. The molecule has 0 saturated heterocycles. The normalized spacial score (nSPS) is 26.9. The van der Waals surface area contributed by atoms with E-state index in [4.69, 9.17) is 9.47 Å². The predicted molar refractivity (Wildman–Crippen MR) is 69.5 cm³/mol. The molecule has 102 valence electrons. The number of para-hydroxylation sites is 2. The van der Waals surface area contributed by atoms with E-state index in [1.54, 1.807) is 6.07 Å². The number of aliphatic carboxylic acids is 1. The van der Waals surface area contributed by atoms with Crippen LogP contribution in [0.15, 0.2) is 24.3 Å². The van der Waals surface area contributed by atoms with Crippen LogP contribution in [-0.2, 0) is 4.79 Å². The van der Waals surface area contributed by atoms with Gasteiger partial charge in [0.25, 0.3) is 0 Å². The number of carbonyl (C=O) groups is 1.